The second kappa shape index (κ2) is 6.29. The van der Waals surface area contributed by atoms with Crippen molar-refractivity contribution in [1.82, 2.24) is 0 Å². The molecule has 1 N–H and O–H groups in total. The number of hydrogen-bond acceptors (Lipinski definition) is 1. The molecule has 0 heterocycles. The van der Waals surface area contributed by atoms with Crippen LogP contribution in [0.3, 0.4) is 0 Å². The maximum Gasteiger partial charge on any atom is 0.257 e. The normalized spacial score (nSPS) is 10.4. The summed E-state index contributed by atoms with van der Waals surface area (Å²) in [5.74, 6) is -0.212. The molecule has 0 saturated heterocycles. The topological polar surface area (TPSA) is 29.1 Å². The van der Waals surface area contributed by atoms with Gasteiger partial charge in [0.25, 0.3) is 5.91 Å². The van der Waals surface area contributed by atoms with Crippen molar-refractivity contribution in [1.29, 1.82) is 0 Å². The Bertz CT molecular complexity index is 663. The minimum atomic E-state index is -0.212. The highest BCUT2D eigenvalue weighted by molar-refractivity contribution is 9.10. The molecule has 2 rings (SSSR count). The van der Waals surface area contributed by atoms with Gasteiger partial charge in [-0.2, -0.15) is 0 Å². The SMILES string of the molecule is Cc1cc(Br)cc(C)c1NC(=O)c1ccc(Br)cc1Cl. The Balaban J connectivity index is 2.33. The Morgan fingerprint density at radius 2 is 1.65 bits per heavy atom. The number of nitrogens with one attached hydrogen (secondary N) is 1. The van der Waals surface area contributed by atoms with E-state index in [0.717, 1.165) is 25.8 Å². The fourth-order valence-electron chi connectivity index (χ4n) is 1.96. The van der Waals surface area contributed by atoms with Crippen LogP contribution in [0.1, 0.15) is 21.5 Å². The predicted octanol–water partition coefficient (Wildman–Crippen LogP) is 5.73. The molecule has 0 aliphatic carbocycles. The van der Waals surface area contributed by atoms with Crippen LogP contribution in [0.25, 0.3) is 0 Å². The number of benzene rings is 2. The molecule has 0 atom stereocenters. The zero-order valence-corrected chi connectivity index (χ0v) is 14.9. The van der Waals surface area contributed by atoms with Gasteiger partial charge in [-0.05, 0) is 55.3 Å². The molecule has 0 aliphatic heterocycles. The molecule has 0 fully saturated rings. The maximum atomic E-state index is 12.3. The molecule has 0 spiro atoms. The van der Waals surface area contributed by atoms with Crippen molar-refractivity contribution in [3.8, 4) is 0 Å². The molecule has 104 valence electrons. The van der Waals surface area contributed by atoms with Crippen molar-refractivity contribution >= 4 is 55.1 Å². The fourth-order valence-corrected chi connectivity index (χ4v) is 3.41. The summed E-state index contributed by atoms with van der Waals surface area (Å²) in [6.45, 7) is 3.91. The molecule has 2 nitrogen and oxygen atoms in total. The van der Waals surface area contributed by atoms with Crippen LogP contribution in [0.15, 0.2) is 39.3 Å². The standard InChI is InChI=1S/C15H12Br2ClNO/c1-8-5-11(17)6-9(2)14(8)19-15(20)12-4-3-10(16)7-13(12)18/h3-7H,1-2H3,(H,19,20). The number of amides is 1. The maximum absolute atomic E-state index is 12.3. The monoisotopic (exact) mass is 415 g/mol. The van der Waals surface area contributed by atoms with Crippen molar-refractivity contribution in [2.45, 2.75) is 13.8 Å². The van der Waals surface area contributed by atoms with E-state index in [-0.39, 0.29) is 5.91 Å². The largest absolute Gasteiger partial charge is 0.321 e. The molecule has 20 heavy (non-hydrogen) atoms. The molecule has 2 aromatic rings. The third-order valence-electron chi connectivity index (χ3n) is 2.91. The molecule has 5 heteroatoms. The lowest BCUT2D eigenvalue weighted by atomic mass is 10.1. The van der Waals surface area contributed by atoms with E-state index in [1.165, 1.54) is 0 Å². The van der Waals surface area contributed by atoms with Gasteiger partial charge in [-0.25, -0.2) is 0 Å². The molecule has 0 saturated carbocycles. The van der Waals surface area contributed by atoms with Crippen molar-refractivity contribution in [3.05, 3.63) is 61.0 Å². The summed E-state index contributed by atoms with van der Waals surface area (Å²) in [7, 11) is 0. The van der Waals surface area contributed by atoms with Gasteiger partial charge >= 0.3 is 0 Å². The second-order valence-electron chi connectivity index (χ2n) is 4.49. The minimum Gasteiger partial charge on any atom is -0.321 e. The molecular formula is C15H12Br2ClNO. The summed E-state index contributed by atoms with van der Waals surface area (Å²) in [5, 5.41) is 3.34. The average molecular weight is 418 g/mol. The smallest absolute Gasteiger partial charge is 0.257 e. The van der Waals surface area contributed by atoms with E-state index in [9.17, 15) is 4.79 Å². The van der Waals surface area contributed by atoms with Gasteiger partial charge in [0.05, 0.1) is 10.6 Å². The summed E-state index contributed by atoms with van der Waals surface area (Å²) in [6, 6.07) is 9.13. The predicted molar refractivity (Wildman–Crippen MR) is 90.7 cm³/mol. The van der Waals surface area contributed by atoms with Crippen molar-refractivity contribution in [3.63, 3.8) is 0 Å². The summed E-state index contributed by atoms with van der Waals surface area (Å²) in [6.07, 6.45) is 0. The summed E-state index contributed by atoms with van der Waals surface area (Å²) < 4.78 is 1.84. The molecule has 0 aromatic heterocycles. The molecule has 1 amide bonds. The highest BCUT2D eigenvalue weighted by Crippen LogP contribution is 2.27. The molecule has 0 bridgehead atoms. The van der Waals surface area contributed by atoms with Gasteiger partial charge < -0.3 is 5.32 Å². The van der Waals surface area contributed by atoms with Crippen LogP contribution >= 0.6 is 43.5 Å². The van der Waals surface area contributed by atoms with Crippen LogP contribution in [-0.4, -0.2) is 5.91 Å². The average Bonchev–Trinajstić information content (AvgIpc) is 2.33. The Kier molecular flexibility index (Phi) is 4.89. The number of anilines is 1. The van der Waals surface area contributed by atoms with Crippen LogP contribution in [-0.2, 0) is 0 Å². The number of aryl methyl sites for hydroxylation is 2. The molecule has 0 aliphatic rings. The molecule has 2 aromatic carbocycles. The Hall–Kier alpha value is -0.840. The molecular weight excluding hydrogens is 405 g/mol. The molecule has 0 unspecified atom stereocenters. The number of hydrogen-bond donors (Lipinski definition) is 1. The zero-order valence-electron chi connectivity index (χ0n) is 10.9. The van der Waals surface area contributed by atoms with Crippen molar-refractivity contribution < 1.29 is 4.79 Å². The third kappa shape index (κ3) is 3.43. The van der Waals surface area contributed by atoms with Gasteiger partial charge in [0.15, 0.2) is 0 Å². The Morgan fingerprint density at radius 3 is 2.20 bits per heavy atom. The van der Waals surface area contributed by atoms with E-state index >= 15 is 0 Å². The summed E-state index contributed by atoms with van der Waals surface area (Å²) in [5.41, 5.74) is 3.27. The highest BCUT2D eigenvalue weighted by atomic mass is 79.9. The number of carbonyl (C=O) groups is 1. The first-order valence-corrected chi connectivity index (χ1v) is 7.88. The van der Waals surface area contributed by atoms with Crippen LogP contribution in [0.2, 0.25) is 5.02 Å². The van der Waals surface area contributed by atoms with Gasteiger partial charge in [0, 0.05) is 14.6 Å². The van der Waals surface area contributed by atoms with Crippen LogP contribution in [0, 0.1) is 13.8 Å². The van der Waals surface area contributed by atoms with E-state index in [1.54, 1.807) is 18.2 Å². The lowest BCUT2D eigenvalue weighted by molar-refractivity contribution is 0.102. The number of carbonyl (C=O) groups excluding carboxylic acids is 1. The van der Waals surface area contributed by atoms with Crippen LogP contribution in [0.5, 0.6) is 0 Å². The van der Waals surface area contributed by atoms with E-state index in [0.29, 0.717) is 10.6 Å². The fraction of sp³-hybridized carbons (Fsp3) is 0.133. The minimum absolute atomic E-state index is 0.212. The van der Waals surface area contributed by atoms with Gasteiger partial charge in [-0.3, -0.25) is 4.79 Å². The summed E-state index contributed by atoms with van der Waals surface area (Å²) in [4.78, 5) is 12.3. The molecule has 0 radical (unpaired) electrons. The van der Waals surface area contributed by atoms with E-state index in [2.05, 4.69) is 37.2 Å². The van der Waals surface area contributed by atoms with Gasteiger partial charge in [0.1, 0.15) is 0 Å². The van der Waals surface area contributed by atoms with Gasteiger partial charge in [-0.15, -0.1) is 0 Å². The first-order valence-electron chi connectivity index (χ1n) is 5.91. The van der Waals surface area contributed by atoms with E-state index < -0.39 is 0 Å². The first kappa shape index (κ1) is 15.5. The van der Waals surface area contributed by atoms with E-state index in [4.69, 9.17) is 11.6 Å². The van der Waals surface area contributed by atoms with Crippen LogP contribution < -0.4 is 5.32 Å². The van der Waals surface area contributed by atoms with E-state index in [1.807, 2.05) is 26.0 Å². The second-order valence-corrected chi connectivity index (χ2v) is 6.73. The highest BCUT2D eigenvalue weighted by Gasteiger charge is 2.13. The van der Waals surface area contributed by atoms with Crippen LogP contribution in [0.4, 0.5) is 5.69 Å². The number of rotatable bonds is 2. The Labute approximate surface area is 139 Å². The lowest BCUT2D eigenvalue weighted by Crippen LogP contribution is -2.14. The Morgan fingerprint density at radius 1 is 1.05 bits per heavy atom. The number of halogens is 3. The summed E-state index contributed by atoms with van der Waals surface area (Å²) >= 11 is 12.9. The van der Waals surface area contributed by atoms with Gasteiger partial charge in [0.2, 0.25) is 0 Å². The van der Waals surface area contributed by atoms with Crippen molar-refractivity contribution in [2.24, 2.45) is 0 Å². The quantitative estimate of drug-likeness (QED) is 0.664. The first-order chi connectivity index (χ1) is 9.38. The third-order valence-corrected chi connectivity index (χ3v) is 4.18. The lowest BCUT2D eigenvalue weighted by Gasteiger charge is -2.13. The van der Waals surface area contributed by atoms with Crippen molar-refractivity contribution in [2.75, 3.05) is 5.32 Å². The zero-order chi connectivity index (χ0) is 14.9. The van der Waals surface area contributed by atoms with Gasteiger partial charge in [-0.1, -0.05) is 43.5 Å².